The molecule has 3 aromatic rings. The quantitative estimate of drug-likeness (QED) is 0.711. The topological polar surface area (TPSA) is 51.2 Å². The highest BCUT2D eigenvalue weighted by atomic mass is 35.5. The number of hydrogen-bond acceptors (Lipinski definition) is 4. The monoisotopic (exact) mass is 358 g/mol. The lowest BCUT2D eigenvalue weighted by atomic mass is 10.1. The van der Waals surface area contributed by atoms with Crippen LogP contribution in [0.25, 0.3) is 10.4 Å². The van der Waals surface area contributed by atoms with E-state index in [1.807, 2.05) is 37.3 Å². The highest BCUT2D eigenvalue weighted by molar-refractivity contribution is 7.15. The standard InChI is InChI=1S/C18H15ClN2O2S/c1-11-20-16(17(24-11)12-6-4-3-5-7-12)18(22)21-14-10-13(19)8-9-15(14)23-2/h3-10H,1-2H3,(H,21,22). The van der Waals surface area contributed by atoms with Crippen molar-refractivity contribution in [2.75, 3.05) is 12.4 Å². The van der Waals surface area contributed by atoms with Crippen molar-refractivity contribution in [3.63, 3.8) is 0 Å². The maximum absolute atomic E-state index is 12.7. The SMILES string of the molecule is COc1ccc(Cl)cc1NC(=O)c1nc(C)sc1-c1ccccc1. The number of anilines is 1. The number of carbonyl (C=O) groups excluding carboxylic acids is 1. The van der Waals surface area contributed by atoms with Crippen LogP contribution in [0.2, 0.25) is 5.02 Å². The molecule has 1 amide bonds. The number of hydrogen-bond donors (Lipinski definition) is 1. The number of carbonyl (C=O) groups is 1. The van der Waals surface area contributed by atoms with Gasteiger partial charge in [-0.25, -0.2) is 4.98 Å². The third kappa shape index (κ3) is 3.42. The molecule has 0 saturated carbocycles. The van der Waals surface area contributed by atoms with Crippen molar-refractivity contribution < 1.29 is 9.53 Å². The number of halogens is 1. The van der Waals surface area contributed by atoms with Crippen LogP contribution in [0.3, 0.4) is 0 Å². The maximum atomic E-state index is 12.7. The molecule has 1 N–H and O–H groups in total. The number of rotatable bonds is 4. The Labute approximate surface area is 149 Å². The molecule has 0 fully saturated rings. The van der Waals surface area contributed by atoms with Gasteiger partial charge in [0.05, 0.1) is 22.7 Å². The third-order valence-electron chi connectivity index (χ3n) is 3.39. The lowest BCUT2D eigenvalue weighted by Crippen LogP contribution is -2.14. The Balaban J connectivity index is 1.96. The Morgan fingerprint density at radius 3 is 2.67 bits per heavy atom. The summed E-state index contributed by atoms with van der Waals surface area (Å²) >= 11 is 7.50. The number of amides is 1. The minimum Gasteiger partial charge on any atom is -0.495 e. The van der Waals surface area contributed by atoms with Gasteiger partial charge in [0, 0.05) is 5.02 Å². The minimum atomic E-state index is -0.293. The van der Waals surface area contributed by atoms with Gasteiger partial charge >= 0.3 is 0 Å². The van der Waals surface area contributed by atoms with Crippen LogP contribution in [0.15, 0.2) is 48.5 Å². The Bertz CT molecular complexity index is 878. The molecule has 1 heterocycles. The first-order valence-electron chi connectivity index (χ1n) is 7.26. The first kappa shape index (κ1) is 16.5. The van der Waals surface area contributed by atoms with E-state index in [1.165, 1.54) is 11.3 Å². The summed E-state index contributed by atoms with van der Waals surface area (Å²) in [4.78, 5) is 18.0. The Morgan fingerprint density at radius 2 is 1.96 bits per heavy atom. The zero-order valence-electron chi connectivity index (χ0n) is 13.2. The zero-order chi connectivity index (χ0) is 17.1. The number of aromatic nitrogens is 1. The number of aryl methyl sites for hydroxylation is 1. The van der Waals surface area contributed by atoms with E-state index < -0.39 is 0 Å². The Morgan fingerprint density at radius 1 is 1.21 bits per heavy atom. The van der Waals surface area contributed by atoms with Gasteiger partial charge in [-0.3, -0.25) is 4.79 Å². The molecule has 4 nitrogen and oxygen atoms in total. The highest BCUT2D eigenvalue weighted by Gasteiger charge is 2.19. The lowest BCUT2D eigenvalue weighted by Gasteiger charge is -2.10. The van der Waals surface area contributed by atoms with Crippen molar-refractivity contribution in [3.8, 4) is 16.2 Å². The van der Waals surface area contributed by atoms with Gasteiger partial charge in [-0.15, -0.1) is 11.3 Å². The first-order valence-corrected chi connectivity index (χ1v) is 8.45. The largest absolute Gasteiger partial charge is 0.495 e. The molecule has 0 atom stereocenters. The predicted molar refractivity (Wildman–Crippen MR) is 98.2 cm³/mol. The fourth-order valence-corrected chi connectivity index (χ4v) is 3.42. The van der Waals surface area contributed by atoms with Crippen LogP contribution in [0.1, 0.15) is 15.5 Å². The molecular formula is C18H15ClN2O2S. The molecule has 0 unspecified atom stereocenters. The predicted octanol–water partition coefficient (Wildman–Crippen LogP) is 5.03. The molecule has 6 heteroatoms. The molecule has 24 heavy (non-hydrogen) atoms. The lowest BCUT2D eigenvalue weighted by molar-refractivity contribution is 0.102. The van der Waals surface area contributed by atoms with Gasteiger partial charge in [0.2, 0.25) is 0 Å². The van der Waals surface area contributed by atoms with Crippen LogP contribution in [0, 0.1) is 6.92 Å². The van der Waals surface area contributed by atoms with Crippen LogP contribution in [0.5, 0.6) is 5.75 Å². The second-order valence-corrected chi connectivity index (χ2v) is 6.72. The molecular weight excluding hydrogens is 344 g/mol. The van der Waals surface area contributed by atoms with Crippen LogP contribution >= 0.6 is 22.9 Å². The average Bonchev–Trinajstić information content (AvgIpc) is 2.98. The molecule has 0 radical (unpaired) electrons. The van der Waals surface area contributed by atoms with Crippen molar-refractivity contribution in [2.24, 2.45) is 0 Å². The molecule has 0 saturated heterocycles. The van der Waals surface area contributed by atoms with E-state index in [4.69, 9.17) is 16.3 Å². The van der Waals surface area contributed by atoms with Crippen molar-refractivity contribution in [2.45, 2.75) is 6.92 Å². The highest BCUT2D eigenvalue weighted by Crippen LogP contribution is 2.32. The number of methoxy groups -OCH3 is 1. The molecule has 0 aliphatic carbocycles. The van der Waals surface area contributed by atoms with E-state index in [1.54, 1.807) is 25.3 Å². The Hall–Kier alpha value is -2.37. The van der Waals surface area contributed by atoms with E-state index in [0.717, 1.165) is 15.4 Å². The molecule has 0 bridgehead atoms. The summed E-state index contributed by atoms with van der Waals surface area (Å²) < 4.78 is 5.27. The number of nitrogens with zero attached hydrogens (tertiary/aromatic N) is 1. The van der Waals surface area contributed by atoms with Crippen molar-refractivity contribution in [1.82, 2.24) is 4.98 Å². The Kier molecular flexibility index (Phi) is 4.83. The molecule has 122 valence electrons. The van der Waals surface area contributed by atoms with Crippen molar-refractivity contribution in [1.29, 1.82) is 0 Å². The second-order valence-electron chi connectivity index (χ2n) is 5.08. The fraction of sp³-hybridized carbons (Fsp3) is 0.111. The van der Waals surface area contributed by atoms with Gasteiger partial charge in [0.1, 0.15) is 11.4 Å². The molecule has 1 aromatic heterocycles. The zero-order valence-corrected chi connectivity index (χ0v) is 14.7. The van der Waals surface area contributed by atoms with Crippen molar-refractivity contribution in [3.05, 3.63) is 64.3 Å². The minimum absolute atomic E-state index is 0.293. The van der Waals surface area contributed by atoms with E-state index in [0.29, 0.717) is 22.2 Å². The van der Waals surface area contributed by atoms with Crippen LogP contribution in [0.4, 0.5) is 5.69 Å². The fourth-order valence-electron chi connectivity index (χ4n) is 2.33. The van der Waals surface area contributed by atoms with E-state index in [-0.39, 0.29) is 5.91 Å². The van der Waals surface area contributed by atoms with Gasteiger partial charge in [-0.1, -0.05) is 41.9 Å². The number of ether oxygens (including phenoxy) is 1. The molecule has 3 rings (SSSR count). The summed E-state index contributed by atoms with van der Waals surface area (Å²) in [7, 11) is 1.54. The summed E-state index contributed by atoms with van der Waals surface area (Å²) in [6, 6.07) is 14.8. The summed E-state index contributed by atoms with van der Waals surface area (Å²) in [5.74, 6) is 0.250. The average molecular weight is 359 g/mol. The van der Waals surface area contributed by atoms with Gasteiger partial charge in [0.15, 0.2) is 0 Å². The molecule has 0 aliphatic rings. The molecule has 0 aliphatic heterocycles. The van der Waals surface area contributed by atoms with Gasteiger partial charge < -0.3 is 10.1 Å². The van der Waals surface area contributed by atoms with E-state index >= 15 is 0 Å². The smallest absolute Gasteiger partial charge is 0.275 e. The van der Waals surface area contributed by atoms with Crippen LogP contribution in [-0.2, 0) is 0 Å². The van der Waals surface area contributed by atoms with E-state index in [2.05, 4.69) is 10.3 Å². The van der Waals surface area contributed by atoms with E-state index in [9.17, 15) is 4.79 Å². The summed E-state index contributed by atoms with van der Waals surface area (Å²) in [6.07, 6.45) is 0. The summed E-state index contributed by atoms with van der Waals surface area (Å²) in [6.45, 7) is 1.88. The molecule has 2 aromatic carbocycles. The third-order valence-corrected chi connectivity index (χ3v) is 4.65. The molecule has 0 spiro atoms. The van der Waals surface area contributed by atoms with Crippen molar-refractivity contribution >= 4 is 34.5 Å². The number of benzene rings is 2. The van der Waals surface area contributed by atoms with Crippen LogP contribution in [-0.4, -0.2) is 18.0 Å². The maximum Gasteiger partial charge on any atom is 0.275 e. The van der Waals surface area contributed by atoms with Gasteiger partial charge in [0.25, 0.3) is 5.91 Å². The first-order chi connectivity index (χ1) is 11.6. The van der Waals surface area contributed by atoms with Gasteiger partial charge in [-0.2, -0.15) is 0 Å². The normalized spacial score (nSPS) is 10.5. The summed E-state index contributed by atoms with van der Waals surface area (Å²) in [5, 5.41) is 4.19. The second kappa shape index (κ2) is 7.03. The summed E-state index contributed by atoms with van der Waals surface area (Å²) in [5.41, 5.74) is 1.87. The van der Waals surface area contributed by atoms with Gasteiger partial charge in [-0.05, 0) is 30.7 Å². The number of nitrogens with one attached hydrogen (secondary N) is 1. The van der Waals surface area contributed by atoms with Crippen LogP contribution < -0.4 is 10.1 Å². The number of thiazole rings is 1.